The molecule has 0 radical (unpaired) electrons. The number of ether oxygens (including phenoxy) is 1. The Labute approximate surface area is 249 Å². The van der Waals surface area contributed by atoms with Crippen LogP contribution in [0.1, 0.15) is 70.4 Å². The van der Waals surface area contributed by atoms with Gasteiger partial charge in [-0.05, 0) is 76.6 Å². The minimum absolute atomic E-state index is 0.355. The van der Waals surface area contributed by atoms with E-state index in [2.05, 4.69) is 27.8 Å². The van der Waals surface area contributed by atoms with E-state index in [1.165, 1.54) is 5.56 Å². The first-order valence-corrected chi connectivity index (χ1v) is 14.8. The number of carbonyl (C=O) groups is 3. The Kier molecular flexibility index (Phi) is 12.0. The molecule has 3 amide bonds. The molecule has 0 aliphatic rings. The number of para-hydroxylation sites is 1. The average Bonchev–Trinajstić information content (AvgIpc) is 3.38. The normalized spacial score (nSPS) is 13.7. The van der Waals surface area contributed by atoms with Gasteiger partial charge in [0.1, 0.15) is 17.7 Å². The summed E-state index contributed by atoms with van der Waals surface area (Å²) in [5, 5.41) is 6.84. The van der Waals surface area contributed by atoms with Gasteiger partial charge in [-0.1, -0.05) is 55.5 Å². The van der Waals surface area contributed by atoms with Crippen LogP contribution in [0.4, 0.5) is 4.79 Å². The van der Waals surface area contributed by atoms with E-state index >= 15 is 0 Å². The Morgan fingerprint density at radius 3 is 2.36 bits per heavy atom. The molecule has 0 bridgehead atoms. The molecule has 0 saturated heterocycles. The first-order chi connectivity index (χ1) is 20.0. The van der Waals surface area contributed by atoms with E-state index in [-0.39, 0.29) is 6.03 Å². The van der Waals surface area contributed by atoms with E-state index in [0.29, 0.717) is 25.9 Å². The number of benzene rings is 2. The van der Waals surface area contributed by atoms with E-state index in [1.807, 2.05) is 55.6 Å². The first kappa shape index (κ1) is 32.7. The molecule has 5 N–H and O–H groups in total. The van der Waals surface area contributed by atoms with Crippen molar-refractivity contribution in [1.82, 2.24) is 20.5 Å². The van der Waals surface area contributed by atoms with Gasteiger partial charge in [-0.2, -0.15) is 0 Å². The number of esters is 1. The second-order valence-corrected chi connectivity index (χ2v) is 11.9. The number of H-pyrrole nitrogens is 1. The van der Waals surface area contributed by atoms with Crippen molar-refractivity contribution < 1.29 is 19.1 Å². The van der Waals surface area contributed by atoms with Crippen LogP contribution in [0.5, 0.6) is 0 Å². The molecule has 0 aliphatic carbocycles. The van der Waals surface area contributed by atoms with Gasteiger partial charge < -0.3 is 31.0 Å². The van der Waals surface area contributed by atoms with Crippen LogP contribution < -0.4 is 16.4 Å². The van der Waals surface area contributed by atoms with Crippen molar-refractivity contribution in [2.75, 3.05) is 20.1 Å². The number of nitrogens with two attached hydrogens (primary N) is 1. The van der Waals surface area contributed by atoms with Gasteiger partial charge in [-0.25, -0.2) is 9.59 Å². The Hall–Kier alpha value is -3.85. The highest BCUT2D eigenvalue weighted by Crippen LogP contribution is 2.28. The largest absolute Gasteiger partial charge is 0.458 e. The van der Waals surface area contributed by atoms with Crippen molar-refractivity contribution in [3.05, 3.63) is 71.9 Å². The highest BCUT2D eigenvalue weighted by atomic mass is 16.6. The second-order valence-electron chi connectivity index (χ2n) is 11.9. The van der Waals surface area contributed by atoms with Crippen molar-refractivity contribution in [2.24, 2.45) is 5.73 Å². The number of rotatable bonds is 14. The molecule has 3 aromatic rings. The molecule has 9 nitrogen and oxygen atoms in total. The molecule has 9 heteroatoms. The van der Waals surface area contributed by atoms with Crippen LogP contribution in [0.15, 0.2) is 60.8 Å². The third-order valence-corrected chi connectivity index (χ3v) is 7.28. The van der Waals surface area contributed by atoms with E-state index in [9.17, 15) is 14.4 Å². The molecule has 0 spiro atoms. The zero-order chi connectivity index (χ0) is 30.7. The van der Waals surface area contributed by atoms with Gasteiger partial charge in [0.2, 0.25) is 5.91 Å². The number of hydrogen-bond acceptors (Lipinski definition) is 5. The fraction of sp³-hybridized carbons (Fsp3) is 0.485. The summed E-state index contributed by atoms with van der Waals surface area (Å²) in [7, 11) is 1.72. The number of urea groups is 1. The van der Waals surface area contributed by atoms with Crippen molar-refractivity contribution in [3.63, 3.8) is 0 Å². The number of fused-ring (bicyclic) bond motifs is 1. The van der Waals surface area contributed by atoms with E-state index in [4.69, 9.17) is 10.5 Å². The van der Waals surface area contributed by atoms with Crippen molar-refractivity contribution in [1.29, 1.82) is 0 Å². The Morgan fingerprint density at radius 1 is 0.976 bits per heavy atom. The SMILES string of the molecule is C[C@@H](c1c[nH]c2ccccc12)[C@@H](NC(=O)N(C)CCCc1ccccc1)C(=O)N[C@H](CCCCN)C(=O)OC(C)(C)C. The number of nitrogens with zero attached hydrogens (tertiary/aromatic N) is 1. The third-order valence-electron chi connectivity index (χ3n) is 7.28. The van der Waals surface area contributed by atoms with Crippen LogP contribution in [0.25, 0.3) is 10.9 Å². The summed E-state index contributed by atoms with van der Waals surface area (Å²) in [6.45, 7) is 8.29. The van der Waals surface area contributed by atoms with Crippen LogP contribution in [0.2, 0.25) is 0 Å². The maximum Gasteiger partial charge on any atom is 0.329 e. The Balaban J connectivity index is 1.80. The number of carbonyl (C=O) groups excluding carboxylic acids is 3. The summed E-state index contributed by atoms with van der Waals surface area (Å²) < 4.78 is 5.62. The topological polar surface area (TPSA) is 130 Å². The summed E-state index contributed by atoms with van der Waals surface area (Å²) in [6, 6.07) is 15.8. The second kappa shape index (κ2) is 15.4. The van der Waals surface area contributed by atoms with Crippen molar-refractivity contribution in [3.8, 4) is 0 Å². The number of nitrogens with one attached hydrogen (secondary N) is 3. The zero-order valence-corrected chi connectivity index (χ0v) is 25.6. The zero-order valence-electron chi connectivity index (χ0n) is 25.6. The molecule has 0 unspecified atom stereocenters. The molecular weight excluding hydrogens is 530 g/mol. The lowest BCUT2D eigenvalue weighted by Gasteiger charge is -2.30. The van der Waals surface area contributed by atoms with Gasteiger partial charge in [-0.3, -0.25) is 4.79 Å². The number of hydrogen-bond donors (Lipinski definition) is 4. The van der Waals surface area contributed by atoms with Gasteiger partial charge in [0, 0.05) is 36.6 Å². The number of unbranched alkanes of at least 4 members (excludes halogenated alkanes) is 1. The van der Waals surface area contributed by atoms with Crippen LogP contribution in [0, 0.1) is 0 Å². The van der Waals surface area contributed by atoms with Crippen LogP contribution in [-0.2, 0) is 20.7 Å². The Bertz CT molecular complexity index is 1300. The summed E-state index contributed by atoms with van der Waals surface area (Å²) in [4.78, 5) is 45.2. The van der Waals surface area contributed by atoms with Gasteiger partial charge in [-0.15, -0.1) is 0 Å². The maximum atomic E-state index is 13.9. The summed E-state index contributed by atoms with van der Waals surface area (Å²) in [5.74, 6) is -1.34. The highest BCUT2D eigenvalue weighted by Gasteiger charge is 2.34. The molecule has 0 aliphatic heterocycles. The molecule has 1 aromatic heterocycles. The van der Waals surface area contributed by atoms with Gasteiger partial charge >= 0.3 is 12.0 Å². The van der Waals surface area contributed by atoms with Crippen LogP contribution in [0.3, 0.4) is 0 Å². The molecule has 0 saturated carbocycles. The molecular formula is C33H47N5O4. The lowest BCUT2D eigenvalue weighted by atomic mass is 9.92. The van der Waals surface area contributed by atoms with E-state index in [1.54, 1.807) is 32.7 Å². The summed E-state index contributed by atoms with van der Waals surface area (Å²) >= 11 is 0. The smallest absolute Gasteiger partial charge is 0.329 e. The lowest BCUT2D eigenvalue weighted by molar-refractivity contribution is -0.159. The fourth-order valence-electron chi connectivity index (χ4n) is 4.95. The molecule has 0 fully saturated rings. The van der Waals surface area contributed by atoms with E-state index in [0.717, 1.165) is 35.7 Å². The molecule has 2 aromatic carbocycles. The summed E-state index contributed by atoms with van der Waals surface area (Å²) in [5.41, 5.74) is 8.01. The molecule has 3 atom stereocenters. The molecule has 42 heavy (non-hydrogen) atoms. The minimum Gasteiger partial charge on any atom is -0.458 e. The molecule has 228 valence electrons. The lowest BCUT2D eigenvalue weighted by Crippen LogP contribution is -2.56. The summed E-state index contributed by atoms with van der Waals surface area (Å²) in [6.07, 6.45) is 5.26. The minimum atomic E-state index is -0.937. The van der Waals surface area contributed by atoms with Gasteiger partial charge in [0.25, 0.3) is 0 Å². The van der Waals surface area contributed by atoms with Crippen LogP contribution in [-0.4, -0.2) is 65.6 Å². The quantitative estimate of drug-likeness (QED) is 0.160. The predicted octanol–water partition coefficient (Wildman–Crippen LogP) is 4.87. The van der Waals surface area contributed by atoms with Gasteiger partial charge in [0.15, 0.2) is 0 Å². The van der Waals surface area contributed by atoms with Crippen molar-refractivity contribution >= 4 is 28.8 Å². The Morgan fingerprint density at radius 2 is 1.67 bits per heavy atom. The first-order valence-electron chi connectivity index (χ1n) is 14.8. The third kappa shape index (κ3) is 9.62. The van der Waals surface area contributed by atoms with Crippen LogP contribution >= 0.6 is 0 Å². The number of amides is 3. The van der Waals surface area contributed by atoms with E-state index < -0.39 is 35.5 Å². The standard InChI is InChI=1S/C33H47N5O4/c1-23(26-22-35-27-18-10-9-17-25(26)27)29(37-32(41)38(5)21-13-16-24-14-7-6-8-15-24)30(39)36-28(19-11-12-20-34)31(40)42-33(2,3)4/h6-10,14-15,17-18,22-23,28-29,35H,11-13,16,19-21,34H2,1-5H3,(H,36,39)(H,37,41)/t23-,28+,29+/m0/s1. The monoisotopic (exact) mass is 577 g/mol. The molecule has 1 heterocycles. The van der Waals surface area contributed by atoms with Gasteiger partial charge in [0.05, 0.1) is 0 Å². The maximum absolute atomic E-state index is 13.9. The predicted molar refractivity (Wildman–Crippen MR) is 167 cm³/mol. The number of aryl methyl sites for hydroxylation is 1. The number of aromatic amines is 1. The number of aromatic nitrogens is 1. The fourth-order valence-corrected chi connectivity index (χ4v) is 4.95. The average molecular weight is 578 g/mol. The highest BCUT2D eigenvalue weighted by molar-refractivity contribution is 5.92. The molecule has 3 rings (SSSR count). The van der Waals surface area contributed by atoms with Crippen molar-refractivity contribution in [2.45, 2.75) is 83.4 Å².